The zero-order valence-corrected chi connectivity index (χ0v) is 10.5. The van der Waals surface area contributed by atoms with E-state index in [9.17, 15) is 5.11 Å². The van der Waals surface area contributed by atoms with E-state index in [0.29, 0.717) is 19.1 Å². The fourth-order valence-corrected chi connectivity index (χ4v) is 2.76. The average molecular weight is 252 g/mol. The summed E-state index contributed by atoms with van der Waals surface area (Å²) in [6.45, 7) is 4.01. The monoisotopic (exact) mass is 252 g/mol. The molecule has 3 heterocycles. The van der Waals surface area contributed by atoms with Crippen molar-refractivity contribution < 1.29 is 14.6 Å². The van der Waals surface area contributed by atoms with Gasteiger partial charge >= 0.3 is 0 Å². The van der Waals surface area contributed by atoms with Crippen LogP contribution < -0.4 is 0 Å². The second-order valence-corrected chi connectivity index (χ2v) is 5.20. The number of rotatable bonds is 3. The van der Waals surface area contributed by atoms with Crippen LogP contribution in [0.25, 0.3) is 0 Å². The topological polar surface area (TPSA) is 56.5 Å². The summed E-state index contributed by atoms with van der Waals surface area (Å²) in [5.41, 5.74) is 2.16. The van der Waals surface area contributed by atoms with Gasteiger partial charge < -0.3 is 14.6 Å². The lowest BCUT2D eigenvalue weighted by Gasteiger charge is -2.21. The molecule has 0 saturated carbocycles. The van der Waals surface area contributed by atoms with Crippen molar-refractivity contribution in [1.82, 2.24) is 9.78 Å². The lowest BCUT2D eigenvalue weighted by molar-refractivity contribution is 0.0596. The van der Waals surface area contributed by atoms with Crippen LogP contribution in [0.3, 0.4) is 0 Å². The Balaban J connectivity index is 1.71. The van der Waals surface area contributed by atoms with Gasteiger partial charge in [0.25, 0.3) is 0 Å². The third-order valence-electron chi connectivity index (χ3n) is 3.87. The molecular weight excluding hydrogens is 232 g/mol. The van der Waals surface area contributed by atoms with E-state index in [0.717, 1.165) is 43.9 Å². The molecule has 0 spiro atoms. The first-order valence-electron chi connectivity index (χ1n) is 6.69. The largest absolute Gasteiger partial charge is 0.396 e. The minimum Gasteiger partial charge on any atom is -0.396 e. The van der Waals surface area contributed by atoms with E-state index in [4.69, 9.17) is 9.47 Å². The molecule has 1 atom stereocenters. The van der Waals surface area contributed by atoms with E-state index >= 15 is 0 Å². The lowest BCUT2D eigenvalue weighted by Crippen LogP contribution is -2.20. The normalized spacial score (nSPS) is 25.1. The van der Waals surface area contributed by atoms with Crippen LogP contribution in [0.1, 0.15) is 30.0 Å². The van der Waals surface area contributed by atoms with Crippen LogP contribution in [-0.4, -0.2) is 41.3 Å². The maximum absolute atomic E-state index is 9.33. The summed E-state index contributed by atoms with van der Waals surface area (Å²) in [6.07, 6.45) is 4.32. The van der Waals surface area contributed by atoms with Crippen LogP contribution >= 0.6 is 0 Å². The highest BCUT2D eigenvalue weighted by atomic mass is 16.5. The van der Waals surface area contributed by atoms with Gasteiger partial charge in [-0.25, -0.2) is 0 Å². The first-order valence-corrected chi connectivity index (χ1v) is 6.69. The maximum atomic E-state index is 9.33. The molecule has 0 aliphatic carbocycles. The molecule has 100 valence electrons. The number of aliphatic hydroxyl groups is 1. The zero-order valence-electron chi connectivity index (χ0n) is 10.5. The highest BCUT2D eigenvalue weighted by molar-refractivity contribution is 5.23. The number of hydrogen-bond donors (Lipinski definition) is 1. The second kappa shape index (κ2) is 5.38. The first kappa shape index (κ1) is 12.1. The van der Waals surface area contributed by atoms with Gasteiger partial charge in [-0.3, -0.25) is 4.68 Å². The van der Waals surface area contributed by atoms with Crippen LogP contribution in [0, 0.1) is 5.92 Å². The van der Waals surface area contributed by atoms with E-state index in [2.05, 4.69) is 11.3 Å². The van der Waals surface area contributed by atoms with E-state index < -0.39 is 0 Å². The summed E-state index contributed by atoms with van der Waals surface area (Å²) in [4.78, 5) is 0. The fraction of sp³-hybridized carbons (Fsp3) is 0.769. The molecule has 5 heteroatoms. The Labute approximate surface area is 107 Å². The Bertz CT molecular complexity index is 399. The van der Waals surface area contributed by atoms with Gasteiger partial charge in [-0.05, 0) is 18.8 Å². The lowest BCUT2D eigenvalue weighted by atomic mass is 9.99. The molecule has 1 saturated heterocycles. The van der Waals surface area contributed by atoms with Gasteiger partial charge in [-0.2, -0.15) is 5.10 Å². The van der Waals surface area contributed by atoms with Crippen molar-refractivity contribution in [3.05, 3.63) is 17.5 Å². The number of aromatic nitrogens is 2. The number of nitrogens with zero attached hydrogens (tertiary/aromatic N) is 2. The quantitative estimate of drug-likeness (QED) is 0.869. The molecule has 0 aromatic carbocycles. The van der Waals surface area contributed by atoms with Crippen LogP contribution in [0.4, 0.5) is 0 Å². The molecule has 1 fully saturated rings. The second-order valence-electron chi connectivity index (χ2n) is 5.20. The summed E-state index contributed by atoms with van der Waals surface area (Å²) in [6, 6.07) is 0. The molecule has 0 bridgehead atoms. The van der Waals surface area contributed by atoms with E-state index in [1.54, 1.807) is 0 Å². The SMILES string of the molecule is OC[C@H]1COCc2nn(CC3CCOCC3)cc21. The molecule has 2 aliphatic heterocycles. The van der Waals surface area contributed by atoms with Crippen molar-refractivity contribution in [1.29, 1.82) is 0 Å². The predicted octanol–water partition coefficient (Wildman–Crippen LogP) is 0.916. The molecule has 3 rings (SSSR count). The minimum atomic E-state index is 0.0946. The standard InChI is InChI=1S/C13H20N2O3/c16-7-11-8-18-9-13-12(11)6-15(14-13)5-10-1-3-17-4-2-10/h6,10-11,16H,1-5,7-9H2/t11-/m0/s1. The summed E-state index contributed by atoms with van der Waals surface area (Å²) in [5, 5.41) is 13.9. The Morgan fingerprint density at radius 2 is 2.17 bits per heavy atom. The molecular formula is C13H20N2O3. The Kier molecular flexibility index (Phi) is 3.63. The Morgan fingerprint density at radius 1 is 1.33 bits per heavy atom. The summed E-state index contributed by atoms with van der Waals surface area (Å²) < 4.78 is 12.8. The summed E-state index contributed by atoms with van der Waals surface area (Å²) in [5.74, 6) is 0.755. The highest BCUT2D eigenvalue weighted by Crippen LogP contribution is 2.26. The fourth-order valence-electron chi connectivity index (χ4n) is 2.76. The Morgan fingerprint density at radius 3 is 2.94 bits per heavy atom. The molecule has 0 unspecified atom stereocenters. The highest BCUT2D eigenvalue weighted by Gasteiger charge is 2.24. The van der Waals surface area contributed by atoms with Crippen molar-refractivity contribution in [3.8, 4) is 0 Å². The van der Waals surface area contributed by atoms with Gasteiger partial charge in [-0.15, -0.1) is 0 Å². The average Bonchev–Trinajstić information content (AvgIpc) is 2.82. The first-order chi connectivity index (χ1) is 8.86. The third kappa shape index (κ3) is 2.43. The van der Waals surface area contributed by atoms with Gasteiger partial charge in [0, 0.05) is 37.4 Å². The van der Waals surface area contributed by atoms with Crippen molar-refractivity contribution in [2.24, 2.45) is 5.92 Å². The van der Waals surface area contributed by atoms with Crippen molar-refractivity contribution in [3.63, 3.8) is 0 Å². The van der Waals surface area contributed by atoms with Crippen LogP contribution in [0.15, 0.2) is 6.20 Å². The van der Waals surface area contributed by atoms with Gasteiger partial charge in [0.15, 0.2) is 0 Å². The van der Waals surface area contributed by atoms with Crippen LogP contribution in [-0.2, 0) is 22.6 Å². The summed E-state index contributed by atoms with van der Waals surface area (Å²) in [7, 11) is 0. The molecule has 0 radical (unpaired) electrons. The van der Waals surface area contributed by atoms with Crippen molar-refractivity contribution >= 4 is 0 Å². The predicted molar refractivity (Wildman–Crippen MR) is 65.3 cm³/mol. The van der Waals surface area contributed by atoms with Gasteiger partial charge in [-0.1, -0.05) is 0 Å². The van der Waals surface area contributed by atoms with E-state index in [-0.39, 0.29) is 12.5 Å². The van der Waals surface area contributed by atoms with E-state index in [1.807, 2.05) is 4.68 Å². The molecule has 5 nitrogen and oxygen atoms in total. The van der Waals surface area contributed by atoms with Crippen LogP contribution in [0.5, 0.6) is 0 Å². The molecule has 1 N–H and O–H groups in total. The smallest absolute Gasteiger partial charge is 0.0918 e. The number of fused-ring (bicyclic) bond motifs is 1. The van der Waals surface area contributed by atoms with Gasteiger partial charge in [0.2, 0.25) is 0 Å². The summed E-state index contributed by atoms with van der Waals surface area (Å²) >= 11 is 0. The van der Waals surface area contributed by atoms with Gasteiger partial charge in [0.05, 0.1) is 25.5 Å². The maximum Gasteiger partial charge on any atom is 0.0918 e. The van der Waals surface area contributed by atoms with Crippen molar-refractivity contribution in [2.75, 3.05) is 26.4 Å². The third-order valence-corrected chi connectivity index (χ3v) is 3.87. The van der Waals surface area contributed by atoms with Crippen molar-refractivity contribution in [2.45, 2.75) is 31.9 Å². The zero-order chi connectivity index (χ0) is 12.4. The van der Waals surface area contributed by atoms with Crippen LogP contribution in [0.2, 0.25) is 0 Å². The molecule has 0 amide bonds. The molecule has 1 aromatic heterocycles. The van der Waals surface area contributed by atoms with E-state index in [1.165, 1.54) is 0 Å². The Hall–Kier alpha value is -0.910. The molecule has 2 aliphatic rings. The molecule has 18 heavy (non-hydrogen) atoms. The van der Waals surface area contributed by atoms with Gasteiger partial charge in [0.1, 0.15) is 0 Å². The number of aliphatic hydroxyl groups excluding tert-OH is 1. The molecule has 1 aromatic rings. The number of hydrogen-bond acceptors (Lipinski definition) is 4. The number of ether oxygens (including phenoxy) is 2. The minimum absolute atomic E-state index is 0.0946.